The van der Waals surface area contributed by atoms with Crippen molar-refractivity contribution < 1.29 is 9.59 Å². The monoisotopic (exact) mass is 642 g/mol. The average Bonchev–Trinajstić information content (AvgIpc) is 3.65. The fourth-order valence-corrected chi connectivity index (χ4v) is 7.09. The molecule has 6 nitrogen and oxygen atoms in total. The van der Waals surface area contributed by atoms with Crippen molar-refractivity contribution in [3.05, 3.63) is 175 Å². The zero-order chi connectivity index (χ0) is 33.8. The van der Waals surface area contributed by atoms with Crippen molar-refractivity contribution in [1.29, 1.82) is 5.26 Å². The lowest BCUT2D eigenvalue weighted by Crippen LogP contribution is -2.29. The van der Waals surface area contributed by atoms with Gasteiger partial charge in [0.05, 0.1) is 39.1 Å². The van der Waals surface area contributed by atoms with E-state index in [1.165, 1.54) is 4.90 Å². The van der Waals surface area contributed by atoms with Crippen LogP contribution in [0, 0.1) is 11.3 Å². The molecule has 2 amide bonds. The van der Waals surface area contributed by atoms with E-state index in [0.717, 1.165) is 55.2 Å². The molecule has 2 aromatic heterocycles. The van der Waals surface area contributed by atoms with Crippen molar-refractivity contribution in [2.45, 2.75) is 0 Å². The van der Waals surface area contributed by atoms with Crippen LogP contribution < -0.4 is 4.90 Å². The summed E-state index contributed by atoms with van der Waals surface area (Å²) < 4.78 is 2.07. The molecule has 0 bridgehead atoms. The van der Waals surface area contributed by atoms with Gasteiger partial charge >= 0.3 is 0 Å². The Morgan fingerprint density at radius 3 is 1.92 bits per heavy atom. The lowest BCUT2D eigenvalue weighted by atomic mass is 9.97. The van der Waals surface area contributed by atoms with Gasteiger partial charge in [0.25, 0.3) is 11.8 Å². The van der Waals surface area contributed by atoms with Crippen LogP contribution in [0.4, 0.5) is 5.69 Å². The molecule has 50 heavy (non-hydrogen) atoms. The van der Waals surface area contributed by atoms with E-state index in [1.54, 1.807) is 18.5 Å². The number of pyridine rings is 1. The molecule has 0 spiro atoms. The van der Waals surface area contributed by atoms with Crippen LogP contribution in [0.25, 0.3) is 60.9 Å². The highest BCUT2D eigenvalue weighted by Gasteiger charge is 2.39. The molecule has 9 rings (SSSR count). The third-order valence-electron chi connectivity index (χ3n) is 9.40. The van der Waals surface area contributed by atoms with Gasteiger partial charge in [-0.05, 0) is 76.3 Å². The van der Waals surface area contributed by atoms with Crippen LogP contribution in [0.15, 0.2) is 158 Å². The van der Waals surface area contributed by atoms with Crippen molar-refractivity contribution in [3.8, 4) is 45.1 Å². The molecule has 0 saturated heterocycles. The van der Waals surface area contributed by atoms with Gasteiger partial charge in [-0.25, -0.2) is 4.90 Å². The number of carbonyl (C=O) groups excluding carboxylic acids is 2. The predicted molar refractivity (Wildman–Crippen MR) is 197 cm³/mol. The summed E-state index contributed by atoms with van der Waals surface area (Å²) in [5.41, 5.74) is 9.57. The van der Waals surface area contributed by atoms with E-state index in [4.69, 9.17) is 0 Å². The summed E-state index contributed by atoms with van der Waals surface area (Å²) in [6.45, 7) is 0. The maximum atomic E-state index is 14.7. The average molecular weight is 643 g/mol. The maximum absolute atomic E-state index is 14.7. The van der Waals surface area contributed by atoms with Gasteiger partial charge in [0.1, 0.15) is 6.07 Å². The highest BCUT2D eigenvalue weighted by Crippen LogP contribution is 2.40. The second-order valence-electron chi connectivity index (χ2n) is 12.3. The van der Waals surface area contributed by atoms with Gasteiger partial charge < -0.3 is 4.57 Å². The molecular formula is C44H26N4O2. The Hall–Kier alpha value is -7.10. The topological polar surface area (TPSA) is 79.0 Å². The number of nitriles is 1. The molecule has 0 fully saturated rings. The second-order valence-corrected chi connectivity index (χ2v) is 12.3. The van der Waals surface area contributed by atoms with Gasteiger partial charge in [-0.3, -0.25) is 14.6 Å². The molecule has 0 saturated carbocycles. The molecule has 3 heterocycles. The van der Waals surface area contributed by atoms with Crippen LogP contribution in [-0.4, -0.2) is 21.4 Å². The van der Waals surface area contributed by atoms with Crippen LogP contribution in [0.5, 0.6) is 0 Å². The first-order valence-corrected chi connectivity index (χ1v) is 16.3. The summed E-state index contributed by atoms with van der Waals surface area (Å²) in [7, 11) is 0. The minimum Gasteiger partial charge on any atom is -0.308 e. The normalized spacial score (nSPS) is 12.4. The zero-order valence-corrected chi connectivity index (χ0v) is 26.6. The van der Waals surface area contributed by atoms with E-state index in [1.807, 2.05) is 115 Å². The summed E-state index contributed by atoms with van der Waals surface area (Å²) in [6, 6.07) is 49.5. The maximum Gasteiger partial charge on any atom is 0.268 e. The van der Waals surface area contributed by atoms with Gasteiger partial charge in [0.2, 0.25) is 0 Å². The third-order valence-corrected chi connectivity index (χ3v) is 9.40. The fourth-order valence-electron chi connectivity index (χ4n) is 7.09. The summed E-state index contributed by atoms with van der Waals surface area (Å²) >= 11 is 0. The first kappa shape index (κ1) is 29.1. The highest BCUT2D eigenvalue weighted by atomic mass is 16.2. The Labute approximate surface area is 287 Å². The molecular weight excluding hydrogens is 617 g/mol. The highest BCUT2D eigenvalue weighted by molar-refractivity contribution is 6.36. The van der Waals surface area contributed by atoms with E-state index < -0.39 is 0 Å². The number of para-hydroxylation sites is 1. The van der Waals surface area contributed by atoms with Gasteiger partial charge in [-0.1, -0.05) is 97.1 Å². The first-order chi connectivity index (χ1) is 24.6. The number of nitrogens with zero attached hydrogens (tertiary/aromatic N) is 4. The second kappa shape index (κ2) is 11.6. The predicted octanol–water partition coefficient (Wildman–Crippen LogP) is 9.85. The van der Waals surface area contributed by atoms with Crippen molar-refractivity contribution in [1.82, 2.24) is 9.55 Å². The minimum atomic E-state index is -0.377. The molecule has 0 aliphatic carbocycles. The van der Waals surface area contributed by atoms with Crippen molar-refractivity contribution in [3.63, 3.8) is 0 Å². The number of hydrogen-bond acceptors (Lipinski definition) is 4. The van der Waals surface area contributed by atoms with Gasteiger partial charge in [0, 0.05) is 28.7 Å². The van der Waals surface area contributed by atoms with Crippen LogP contribution in [0.3, 0.4) is 0 Å². The quantitative estimate of drug-likeness (QED) is 0.175. The Morgan fingerprint density at radius 2 is 1.20 bits per heavy atom. The summed E-state index contributed by atoms with van der Waals surface area (Å²) in [5, 5.41) is 11.5. The van der Waals surface area contributed by atoms with Gasteiger partial charge in [-0.15, -0.1) is 0 Å². The lowest BCUT2D eigenvalue weighted by molar-refractivity contribution is 0.0926. The molecule has 1 aliphatic rings. The van der Waals surface area contributed by atoms with Gasteiger partial charge in [-0.2, -0.15) is 5.26 Å². The summed E-state index contributed by atoms with van der Waals surface area (Å²) in [5.74, 6) is -0.741. The van der Waals surface area contributed by atoms with Crippen LogP contribution in [0.2, 0.25) is 0 Å². The summed E-state index contributed by atoms with van der Waals surface area (Å²) in [6.07, 6.45) is 3.28. The van der Waals surface area contributed by atoms with E-state index in [2.05, 4.69) is 39.9 Å². The number of amides is 2. The SMILES string of the molecule is N#Cc1cncc(-c2ccc3c4ccccc4n(-c4cccc5c4C(=O)N(c4cc(-c6ccccc6)cc(-c6ccccc6)c4)C5=O)c3c2)c1. The molecule has 0 radical (unpaired) electrons. The largest absolute Gasteiger partial charge is 0.308 e. The van der Waals surface area contributed by atoms with Gasteiger partial charge in [0.15, 0.2) is 0 Å². The number of rotatable bonds is 5. The number of aromatic nitrogens is 2. The Balaban J connectivity index is 1.24. The fraction of sp³-hybridized carbons (Fsp3) is 0. The van der Waals surface area contributed by atoms with Crippen LogP contribution in [0.1, 0.15) is 26.3 Å². The van der Waals surface area contributed by atoms with E-state index in [9.17, 15) is 14.9 Å². The number of hydrogen-bond donors (Lipinski definition) is 0. The number of imide groups is 1. The van der Waals surface area contributed by atoms with Crippen molar-refractivity contribution in [2.75, 3.05) is 4.90 Å². The van der Waals surface area contributed by atoms with E-state index >= 15 is 0 Å². The lowest BCUT2D eigenvalue weighted by Gasteiger charge is -2.18. The zero-order valence-electron chi connectivity index (χ0n) is 26.6. The summed E-state index contributed by atoms with van der Waals surface area (Å²) in [4.78, 5) is 34.6. The van der Waals surface area contributed by atoms with Crippen LogP contribution in [-0.2, 0) is 0 Å². The third kappa shape index (κ3) is 4.61. The first-order valence-electron chi connectivity index (χ1n) is 16.3. The molecule has 6 heteroatoms. The molecule has 8 aromatic rings. The Morgan fingerprint density at radius 1 is 0.520 bits per heavy atom. The molecule has 6 aromatic carbocycles. The van der Waals surface area contributed by atoms with Crippen molar-refractivity contribution in [2.24, 2.45) is 0 Å². The number of benzene rings is 6. The molecule has 0 unspecified atom stereocenters. The number of carbonyl (C=O) groups is 2. The smallest absolute Gasteiger partial charge is 0.268 e. The number of fused-ring (bicyclic) bond motifs is 4. The number of anilines is 1. The minimum absolute atomic E-state index is 0.352. The van der Waals surface area contributed by atoms with Crippen molar-refractivity contribution >= 4 is 39.3 Å². The van der Waals surface area contributed by atoms with E-state index in [-0.39, 0.29) is 11.8 Å². The Kier molecular flexibility index (Phi) is 6.72. The van der Waals surface area contributed by atoms with E-state index in [0.29, 0.717) is 28.1 Å². The standard InChI is InChI=1S/C44H26N4O2/c45-25-28-20-34(27-46-26-28)31-18-19-37-36-14-7-8-16-39(36)48(41(37)24-31)40-17-9-15-38-42(40)44(50)47(43(38)49)35-22-32(29-10-3-1-4-11-29)21-33(23-35)30-12-5-2-6-13-30/h1-24,26-27H. The molecule has 1 aliphatic heterocycles. The Bertz CT molecular complexity index is 2650. The molecule has 0 atom stereocenters. The molecule has 0 N–H and O–H groups in total. The molecule has 234 valence electrons. The van der Waals surface area contributed by atoms with Crippen LogP contribution >= 0.6 is 0 Å².